The van der Waals surface area contributed by atoms with Gasteiger partial charge >= 0.3 is 5.97 Å². The summed E-state index contributed by atoms with van der Waals surface area (Å²) in [6, 6.07) is 3.77. The molecule has 0 spiro atoms. The summed E-state index contributed by atoms with van der Waals surface area (Å²) in [5, 5.41) is 13.8. The average Bonchev–Trinajstić information content (AvgIpc) is 2.68. The zero-order valence-electron chi connectivity index (χ0n) is 9.97. The van der Waals surface area contributed by atoms with Crippen molar-refractivity contribution < 1.29 is 19.5 Å². The SMILES string of the molecule is NC(CC(=O)Nc1ccc2c(c1)CC(=O)N2)C(=O)O. The lowest BCUT2D eigenvalue weighted by Crippen LogP contribution is -2.34. The van der Waals surface area contributed by atoms with Crippen molar-refractivity contribution in [2.24, 2.45) is 5.73 Å². The van der Waals surface area contributed by atoms with E-state index >= 15 is 0 Å². The smallest absolute Gasteiger partial charge is 0.321 e. The summed E-state index contributed by atoms with van der Waals surface area (Å²) < 4.78 is 0. The second kappa shape index (κ2) is 5.07. The summed E-state index contributed by atoms with van der Waals surface area (Å²) in [7, 11) is 0. The lowest BCUT2D eigenvalue weighted by molar-refractivity contribution is -0.140. The van der Waals surface area contributed by atoms with Crippen LogP contribution in [0.1, 0.15) is 12.0 Å². The molecule has 7 nitrogen and oxygen atoms in total. The predicted octanol–water partition coefficient (Wildman–Crippen LogP) is -0.0783. The molecule has 2 rings (SSSR count). The van der Waals surface area contributed by atoms with Gasteiger partial charge < -0.3 is 21.5 Å². The molecule has 2 amide bonds. The molecule has 19 heavy (non-hydrogen) atoms. The largest absolute Gasteiger partial charge is 0.480 e. The fourth-order valence-electron chi connectivity index (χ4n) is 1.81. The third-order valence-electron chi connectivity index (χ3n) is 2.74. The Morgan fingerprint density at radius 1 is 1.47 bits per heavy atom. The Morgan fingerprint density at radius 3 is 2.89 bits per heavy atom. The number of nitrogens with one attached hydrogen (secondary N) is 2. The molecule has 0 saturated carbocycles. The Balaban J connectivity index is 2.01. The van der Waals surface area contributed by atoms with Crippen molar-refractivity contribution in [3.63, 3.8) is 0 Å². The number of nitrogens with two attached hydrogens (primary N) is 1. The first-order chi connectivity index (χ1) is 8.95. The van der Waals surface area contributed by atoms with E-state index in [4.69, 9.17) is 10.8 Å². The Kier molecular flexibility index (Phi) is 3.48. The number of carbonyl (C=O) groups is 3. The summed E-state index contributed by atoms with van der Waals surface area (Å²) in [5.74, 6) is -1.79. The van der Waals surface area contributed by atoms with Crippen LogP contribution in [0.2, 0.25) is 0 Å². The van der Waals surface area contributed by atoms with Crippen molar-refractivity contribution in [1.82, 2.24) is 0 Å². The van der Waals surface area contributed by atoms with Crippen LogP contribution in [0.15, 0.2) is 18.2 Å². The minimum atomic E-state index is -1.22. The van der Waals surface area contributed by atoms with Crippen molar-refractivity contribution in [3.05, 3.63) is 23.8 Å². The van der Waals surface area contributed by atoms with Gasteiger partial charge in [0.15, 0.2) is 0 Å². The van der Waals surface area contributed by atoms with Crippen LogP contribution < -0.4 is 16.4 Å². The number of rotatable bonds is 4. The van der Waals surface area contributed by atoms with Crippen LogP contribution in [0.3, 0.4) is 0 Å². The van der Waals surface area contributed by atoms with E-state index in [-0.39, 0.29) is 18.7 Å². The molecule has 1 heterocycles. The van der Waals surface area contributed by atoms with Crippen molar-refractivity contribution in [1.29, 1.82) is 0 Å². The van der Waals surface area contributed by atoms with E-state index in [9.17, 15) is 14.4 Å². The Labute approximate surface area is 108 Å². The number of anilines is 2. The highest BCUT2D eigenvalue weighted by atomic mass is 16.4. The third kappa shape index (κ3) is 3.08. The van der Waals surface area contributed by atoms with E-state index in [0.717, 1.165) is 11.3 Å². The molecular formula is C12H13N3O4. The van der Waals surface area contributed by atoms with Crippen molar-refractivity contribution in [2.45, 2.75) is 18.9 Å². The van der Waals surface area contributed by atoms with Gasteiger partial charge in [-0.1, -0.05) is 0 Å². The predicted molar refractivity (Wildman–Crippen MR) is 67.6 cm³/mol. The van der Waals surface area contributed by atoms with E-state index < -0.39 is 17.9 Å². The number of hydrogen-bond donors (Lipinski definition) is 4. The van der Waals surface area contributed by atoms with Gasteiger partial charge in [0, 0.05) is 11.4 Å². The van der Waals surface area contributed by atoms with E-state index in [0.29, 0.717) is 5.69 Å². The molecule has 0 aliphatic carbocycles. The highest BCUT2D eigenvalue weighted by Crippen LogP contribution is 2.25. The van der Waals surface area contributed by atoms with E-state index in [1.54, 1.807) is 18.2 Å². The molecular weight excluding hydrogens is 250 g/mol. The Hall–Kier alpha value is -2.41. The highest BCUT2D eigenvalue weighted by molar-refractivity contribution is 6.00. The summed E-state index contributed by atoms with van der Waals surface area (Å²) in [6.45, 7) is 0. The molecule has 7 heteroatoms. The number of benzene rings is 1. The third-order valence-corrected chi connectivity index (χ3v) is 2.74. The number of aliphatic carboxylic acids is 1. The summed E-state index contributed by atoms with van der Waals surface area (Å²) >= 11 is 0. The summed E-state index contributed by atoms with van der Waals surface area (Å²) in [6.07, 6.45) is -0.0305. The number of amides is 2. The normalized spacial score (nSPS) is 14.5. The first-order valence-corrected chi connectivity index (χ1v) is 5.66. The quantitative estimate of drug-likeness (QED) is 0.605. The number of carboxylic acids is 1. The van der Waals surface area contributed by atoms with E-state index in [1.807, 2.05) is 0 Å². The number of hydrogen-bond acceptors (Lipinski definition) is 4. The van der Waals surface area contributed by atoms with Crippen LogP contribution in [0.25, 0.3) is 0 Å². The molecule has 1 aliphatic rings. The maximum atomic E-state index is 11.6. The highest BCUT2D eigenvalue weighted by Gasteiger charge is 2.19. The Bertz CT molecular complexity index is 556. The molecule has 0 bridgehead atoms. The van der Waals surface area contributed by atoms with Crippen LogP contribution in [0.4, 0.5) is 11.4 Å². The summed E-state index contributed by atoms with van der Waals surface area (Å²) in [5.41, 5.74) is 7.30. The lowest BCUT2D eigenvalue weighted by atomic mass is 10.1. The molecule has 0 radical (unpaired) electrons. The van der Waals surface area contributed by atoms with Crippen LogP contribution >= 0.6 is 0 Å². The van der Waals surface area contributed by atoms with Gasteiger partial charge in [0.25, 0.3) is 0 Å². The average molecular weight is 263 g/mol. The molecule has 1 aromatic carbocycles. The fourth-order valence-corrected chi connectivity index (χ4v) is 1.81. The van der Waals surface area contributed by atoms with Crippen LogP contribution in [-0.4, -0.2) is 28.9 Å². The molecule has 1 aromatic rings. The Morgan fingerprint density at radius 2 is 2.21 bits per heavy atom. The van der Waals surface area contributed by atoms with Crippen molar-refractivity contribution >= 4 is 29.2 Å². The van der Waals surface area contributed by atoms with Gasteiger partial charge in [0.2, 0.25) is 11.8 Å². The van der Waals surface area contributed by atoms with Crippen LogP contribution in [0, 0.1) is 0 Å². The van der Waals surface area contributed by atoms with Gasteiger partial charge in [-0.3, -0.25) is 14.4 Å². The second-order valence-electron chi connectivity index (χ2n) is 4.29. The first-order valence-electron chi connectivity index (χ1n) is 5.66. The van der Waals surface area contributed by atoms with E-state index in [2.05, 4.69) is 10.6 Å². The van der Waals surface area contributed by atoms with Gasteiger partial charge in [-0.15, -0.1) is 0 Å². The van der Waals surface area contributed by atoms with Crippen molar-refractivity contribution in [3.8, 4) is 0 Å². The number of carbonyl (C=O) groups excluding carboxylic acids is 2. The van der Waals surface area contributed by atoms with Crippen LogP contribution in [-0.2, 0) is 20.8 Å². The first kappa shape index (κ1) is 13.0. The standard InChI is InChI=1S/C12H13N3O4/c13-8(12(18)19)5-11(17)14-7-1-2-9-6(3-7)4-10(16)15-9/h1-3,8H,4-5,13H2,(H,14,17)(H,15,16)(H,18,19). The van der Waals surface area contributed by atoms with Gasteiger partial charge in [-0.05, 0) is 23.8 Å². The topological polar surface area (TPSA) is 122 Å². The van der Waals surface area contributed by atoms with Gasteiger partial charge in [-0.25, -0.2) is 0 Å². The molecule has 1 aliphatic heterocycles. The zero-order valence-corrected chi connectivity index (χ0v) is 9.97. The number of fused-ring (bicyclic) bond motifs is 1. The fraction of sp³-hybridized carbons (Fsp3) is 0.250. The minimum absolute atomic E-state index is 0.0913. The monoisotopic (exact) mass is 263 g/mol. The second-order valence-corrected chi connectivity index (χ2v) is 4.29. The molecule has 5 N–H and O–H groups in total. The van der Waals surface area contributed by atoms with Gasteiger partial charge in [0.05, 0.1) is 12.8 Å². The lowest BCUT2D eigenvalue weighted by Gasteiger charge is -2.09. The molecule has 0 saturated heterocycles. The van der Waals surface area contributed by atoms with Crippen LogP contribution in [0.5, 0.6) is 0 Å². The minimum Gasteiger partial charge on any atom is -0.480 e. The maximum Gasteiger partial charge on any atom is 0.321 e. The van der Waals surface area contributed by atoms with Crippen molar-refractivity contribution in [2.75, 3.05) is 10.6 Å². The molecule has 0 fully saturated rings. The molecule has 100 valence electrons. The maximum absolute atomic E-state index is 11.6. The summed E-state index contributed by atoms with van der Waals surface area (Å²) in [4.78, 5) is 33.3. The molecule has 1 atom stereocenters. The van der Waals surface area contributed by atoms with Gasteiger partial charge in [0.1, 0.15) is 6.04 Å². The zero-order chi connectivity index (χ0) is 14.0. The molecule has 0 aromatic heterocycles. The van der Waals surface area contributed by atoms with E-state index in [1.165, 1.54) is 0 Å². The molecule has 1 unspecified atom stereocenters. The van der Waals surface area contributed by atoms with Gasteiger partial charge in [-0.2, -0.15) is 0 Å². The number of carboxylic acid groups (broad SMARTS) is 1.